The van der Waals surface area contributed by atoms with E-state index >= 15 is 0 Å². The highest BCUT2D eigenvalue weighted by atomic mass is 16.5. The lowest BCUT2D eigenvalue weighted by molar-refractivity contribution is -0.129. The summed E-state index contributed by atoms with van der Waals surface area (Å²) in [6.45, 7) is 5.13. The minimum absolute atomic E-state index is 0.334. The number of nitrogens with two attached hydrogens (primary N) is 2. The van der Waals surface area contributed by atoms with Crippen molar-refractivity contribution in [3.63, 3.8) is 0 Å². The number of ether oxygens (including phenoxy) is 1. The second kappa shape index (κ2) is 4.41. The number of benzene rings is 2. The van der Waals surface area contributed by atoms with Gasteiger partial charge in [0.25, 0.3) is 0 Å². The van der Waals surface area contributed by atoms with Crippen molar-refractivity contribution in [2.24, 2.45) is 0 Å². The SMILES string of the molecule is C=C(C)C(=O)Oc1cc(N)cc2cc(N)ccc12. The number of carbonyl (C=O) groups excluding carboxylic acids is 1. The molecular formula is C14H14N2O2. The zero-order chi connectivity index (χ0) is 13.3. The monoisotopic (exact) mass is 242 g/mol. The Hall–Kier alpha value is -2.49. The highest BCUT2D eigenvalue weighted by Gasteiger charge is 2.10. The number of hydrogen-bond acceptors (Lipinski definition) is 4. The summed E-state index contributed by atoms with van der Waals surface area (Å²) >= 11 is 0. The first kappa shape index (κ1) is 12.0. The third-order valence-electron chi connectivity index (χ3n) is 2.51. The highest BCUT2D eigenvalue weighted by Crippen LogP contribution is 2.30. The summed E-state index contributed by atoms with van der Waals surface area (Å²) in [4.78, 5) is 11.5. The summed E-state index contributed by atoms with van der Waals surface area (Å²) in [6.07, 6.45) is 0. The van der Waals surface area contributed by atoms with E-state index in [1.165, 1.54) is 0 Å². The van der Waals surface area contributed by atoms with Crippen molar-refractivity contribution in [3.05, 3.63) is 42.5 Å². The predicted molar refractivity (Wildman–Crippen MR) is 73.2 cm³/mol. The topological polar surface area (TPSA) is 78.3 Å². The minimum Gasteiger partial charge on any atom is -0.422 e. The molecule has 0 radical (unpaired) electrons. The number of nitrogen functional groups attached to an aromatic ring is 2. The van der Waals surface area contributed by atoms with Gasteiger partial charge in [0.2, 0.25) is 0 Å². The maximum Gasteiger partial charge on any atom is 0.338 e. The molecule has 18 heavy (non-hydrogen) atoms. The lowest BCUT2D eigenvalue weighted by Crippen LogP contribution is -2.08. The molecule has 0 aliphatic heterocycles. The van der Waals surface area contributed by atoms with Gasteiger partial charge in [0.05, 0.1) is 0 Å². The summed E-state index contributed by atoms with van der Waals surface area (Å²) in [7, 11) is 0. The molecule has 0 amide bonds. The average Bonchev–Trinajstić information content (AvgIpc) is 2.27. The van der Waals surface area contributed by atoms with E-state index in [1.54, 1.807) is 37.3 Å². The molecule has 0 saturated carbocycles. The zero-order valence-electron chi connectivity index (χ0n) is 10.1. The lowest BCUT2D eigenvalue weighted by atomic mass is 10.1. The van der Waals surface area contributed by atoms with Crippen LogP contribution in [0.2, 0.25) is 0 Å². The lowest BCUT2D eigenvalue weighted by Gasteiger charge is -2.09. The van der Waals surface area contributed by atoms with Crippen LogP contribution in [0.4, 0.5) is 11.4 Å². The average molecular weight is 242 g/mol. The molecule has 2 rings (SSSR count). The first-order valence-corrected chi connectivity index (χ1v) is 5.44. The van der Waals surface area contributed by atoms with Crippen LogP contribution < -0.4 is 16.2 Å². The Morgan fingerprint density at radius 3 is 2.50 bits per heavy atom. The van der Waals surface area contributed by atoms with Gasteiger partial charge in [-0.3, -0.25) is 0 Å². The molecule has 4 N–H and O–H groups in total. The van der Waals surface area contributed by atoms with Crippen molar-refractivity contribution in [2.45, 2.75) is 6.92 Å². The van der Waals surface area contributed by atoms with E-state index in [2.05, 4.69) is 6.58 Å². The van der Waals surface area contributed by atoms with Gasteiger partial charge in [-0.15, -0.1) is 0 Å². The number of rotatable bonds is 2. The van der Waals surface area contributed by atoms with Crippen molar-refractivity contribution in [1.29, 1.82) is 0 Å². The third-order valence-corrected chi connectivity index (χ3v) is 2.51. The molecule has 0 atom stereocenters. The van der Waals surface area contributed by atoms with Gasteiger partial charge in [-0.1, -0.05) is 6.58 Å². The van der Waals surface area contributed by atoms with E-state index in [1.807, 2.05) is 0 Å². The van der Waals surface area contributed by atoms with Gasteiger partial charge in [0.1, 0.15) is 5.75 Å². The first-order valence-electron chi connectivity index (χ1n) is 5.44. The number of anilines is 2. The van der Waals surface area contributed by atoms with Crippen LogP contribution in [0, 0.1) is 0 Å². The molecule has 2 aromatic rings. The number of carbonyl (C=O) groups is 1. The fourth-order valence-corrected chi connectivity index (χ4v) is 1.65. The Morgan fingerprint density at radius 2 is 1.83 bits per heavy atom. The predicted octanol–water partition coefficient (Wildman–Crippen LogP) is 2.49. The number of esters is 1. The standard InChI is InChI=1S/C14H14N2O2/c1-8(2)14(17)18-13-7-11(16)6-9-5-10(15)3-4-12(9)13/h3-7H,1,15-16H2,2H3. The molecule has 0 fully saturated rings. The second-order valence-electron chi connectivity index (χ2n) is 4.17. The van der Waals surface area contributed by atoms with Crippen LogP contribution in [0.3, 0.4) is 0 Å². The van der Waals surface area contributed by atoms with Gasteiger partial charge < -0.3 is 16.2 Å². The van der Waals surface area contributed by atoms with Gasteiger partial charge in [0.15, 0.2) is 0 Å². The van der Waals surface area contributed by atoms with Crippen LogP contribution in [0.25, 0.3) is 10.8 Å². The Kier molecular flexibility index (Phi) is 2.93. The highest BCUT2D eigenvalue weighted by molar-refractivity contribution is 5.97. The molecule has 0 aliphatic rings. The van der Waals surface area contributed by atoms with E-state index in [9.17, 15) is 4.79 Å². The summed E-state index contributed by atoms with van der Waals surface area (Å²) in [6, 6.07) is 8.72. The molecule has 0 aliphatic carbocycles. The van der Waals surface area contributed by atoms with Gasteiger partial charge in [-0.05, 0) is 36.6 Å². The van der Waals surface area contributed by atoms with Crippen molar-refractivity contribution < 1.29 is 9.53 Å². The molecule has 0 unspecified atom stereocenters. The number of hydrogen-bond donors (Lipinski definition) is 2. The summed E-state index contributed by atoms with van der Waals surface area (Å²) in [5, 5.41) is 1.62. The molecular weight excluding hydrogens is 228 g/mol. The molecule has 0 heterocycles. The normalized spacial score (nSPS) is 10.3. The van der Waals surface area contributed by atoms with Gasteiger partial charge in [-0.2, -0.15) is 0 Å². The molecule has 0 bridgehead atoms. The van der Waals surface area contributed by atoms with E-state index in [4.69, 9.17) is 16.2 Å². The Labute approximate surface area is 105 Å². The van der Waals surface area contributed by atoms with Crippen LogP contribution in [-0.2, 0) is 4.79 Å². The fourth-order valence-electron chi connectivity index (χ4n) is 1.65. The molecule has 0 spiro atoms. The van der Waals surface area contributed by atoms with Crippen LogP contribution in [-0.4, -0.2) is 5.97 Å². The molecule has 4 nitrogen and oxygen atoms in total. The van der Waals surface area contributed by atoms with Crippen LogP contribution in [0.5, 0.6) is 5.75 Å². The second-order valence-corrected chi connectivity index (χ2v) is 4.17. The first-order chi connectivity index (χ1) is 8.47. The van der Waals surface area contributed by atoms with Crippen LogP contribution >= 0.6 is 0 Å². The quantitative estimate of drug-likeness (QED) is 0.367. The van der Waals surface area contributed by atoms with Crippen LogP contribution in [0.1, 0.15) is 6.92 Å². The Morgan fingerprint density at radius 1 is 1.17 bits per heavy atom. The van der Waals surface area contributed by atoms with Gasteiger partial charge in [-0.25, -0.2) is 4.79 Å². The minimum atomic E-state index is -0.473. The maximum atomic E-state index is 11.5. The summed E-state index contributed by atoms with van der Waals surface area (Å²) in [5.41, 5.74) is 13.0. The molecule has 4 heteroatoms. The Bertz CT molecular complexity index is 642. The van der Waals surface area contributed by atoms with E-state index in [-0.39, 0.29) is 0 Å². The number of fused-ring (bicyclic) bond motifs is 1. The molecule has 92 valence electrons. The van der Waals surface area contributed by atoms with Crippen LogP contribution in [0.15, 0.2) is 42.5 Å². The molecule has 2 aromatic carbocycles. The van der Waals surface area contributed by atoms with Crippen molar-refractivity contribution in [3.8, 4) is 5.75 Å². The third kappa shape index (κ3) is 2.27. The zero-order valence-corrected chi connectivity index (χ0v) is 10.1. The van der Waals surface area contributed by atoms with Crippen molar-refractivity contribution in [2.75, 3.05) is 11.5 Å². The fraction of sp³-hybridized carbons (Fsp3) is 0.0714. The largest absolute Gasteiger partial charge is 0.422 e. The van der Waals surface area contributed by atoms with E-state index < -0.39 is 5.97 Å². The van der Waals surface area contributed by atoms with Gasteiger partial charge in [0, 0.05) is 28.4 Å². The smallest absolute Gasteiger partial charge is 0.338 e. The van der Waals surface area contributed by atoms with Crippen molar-refractivity contribution >= 4 is 28.1 Å². The molecule has 0 saturated heterocycles. The summed E-state index contributed by atoms with van der Waals surface area (Å²) in [5.74, 6) is -0.0586. The van der Waals surface area contributed by atoms with Gasteiger partial charge >= 0.3 is 5.97 Å². The maximum absolute atomic E-state index is 11.5. The van der Waals surface area contributed by atoms with Crippen molar-refractivity contribution in [1.82, 2.24) is 0 Å². The Balaban J connectivity index is 2.56. The molecule has 0 aromatic heterocycles. The summed E-state index contributed by atoms with van der Waals surface area (Å²) < 4.78 is 5.25. The van der Waals surface area contributed by atoms with E-state index in [0.29, 0.717) is 22.7 Å². The van der Waals surface area contributed by atoms with E-state index in [0.717, 1.165) is 10.8 Å².